The fraction of sp³-hybridized carbons (Fsp3) is 0.533. The summed E-state index contributed by atoms with van der Waals surface area (Å²) < 4.78 is 5.63. The molecule has 0 spiro atoms. The maximum absolute atomic E-state index is 12.6. The van der Waals surface area contributed by atoms with Gasteiger partial charge in [-0.05, 0) is 93.2 Å². The average molecular weight is 459 g/mol. The maximum atomic E-state index is 12.6. The van der Waals surface area contributed by atoms with Gasteiger partial charge in [-0.2, -0.15) is 5.26 Å². The molecule has 2 aliphatic rings. The van der Waals surface area contributed by atoms with Crippen molar-refractivity contribution in [3.63, 3.8) is 0 Å². The molecule has 1 saturated carbocycles. The highest BCUT2D eigenvalue weighted by molar-refractivity contribution is 5.68. The summed E-state index contributed by atoms with van der Waals surface area (Å²) in [5.74, 6) is 1.49. The van der Waals surface area contributed by atoms with Gasteiger partial charge < -0.3 is 9.64 Å². The molecule has 0 radical (unpaired) electrons. The summed E-state index contributed by atoms with van der Waals surface area (Å²) in [6.07, 6.45) is 7.07. The van der Waals surface area contributed by atoms with Crippen LogP contribution in [0.3, 0.4) is 0 Å². The molecular formula is C30H38N2O2. The number of carbonyl (C=O) groups excluding carboxylic acids is 1. The van der Waals surface area contributed by atoms with Gasteiger partial charge in [0.1, 0.15) is 5.60 Å². The van der Waals surface area contributed by atoms with Crippen molar-refractivity contribution in [2.45, 2.75) is 77.2 Å². The van der Waals surface area contributed by atoms with E-state index in [2.05, 4.69) is 60.7 Å². The molecule has 180 valence electrons. The average Bonchev–Trinajstić information content (AvgIpc) is 3.59. The predicted molar refractivity (Wildman–Crippen MR) is 135 cm³/mol. The first-order valence-electron chi connectivity index (χ1n) is 12.7. The molecule has 4 heteroatoms. The standard InChI is InChI=1S/C30H38N2O2/c1-29(2,3)34-28(33)32-19-16-30(17-20-32,22-24-11-9-23(10-12-24)14-18-31)15-13-26-21-27(26)25-7-5-4-6-8-25/h4-12,26-27H,13-17,19-22H2,1-3H3/t26-,27?/m1/s1. The van der Waals surface area contributed by atoms with Gasteiger partial charge in [-0.3, -0.25) is 0 Å². The molecule has 1 unspecified atom stereocenters. The lowest BCUT2D eigenvalue weighted by atomic mass is 9.70. The predicted octanol–water partition coefficient (Wildman–Crippen LogP) is 6.90. The second kappa shape index (κ2) is 10.2. The van der Waals surface area contributed by atoms with Crippen molar-refractivity contribution in [2.75, 3.05) is 13.1 Å². The van der Waals surface area contributed by atoms with Gasteiger partial charge in [0.05, 0.1) is 12.5 Å². The Balaban J connectivity index is 1.41. The van der Waals surface area contributed by atoms with Crippen molar-refractivity contribution < 1.29 is 9.53 Å². The van der Waals surface area contributed by atoms with Crippen molar-refractivity contribution in [3.05, 3.63) is 71.3 Å². The van der Waals surface area contributed by atoms with Crippen molar-refractivity contribution in [1.29, 1.82) is 5.26 Å². The van der Waals surface area contributed by atoms with Gasteiger partial charge in [-0.15, -0.1) is 0 Å². The molecule has 4 nitrogen and oxygen atoms in total. The van der Waals surface area contributed by atoms with E-state index in [1.54, 1.807) is 0 Å². The lowest BCUT2D eigenvalue weighted by Crippen LogP contribution is -2.46. The van der Waals surface area contributed by atoms with Gasteiger partial charge in [0.25, 0.3) is 0 Å². The quantitative estimate of drug-likeness (QED) is 0.454. The van der Waals surface area contributed by atoms with Gasteiger partial charge >= 0.3 is 6.09 Å². The molecule has 34 heavy (non-hydrogen) atoms. The number of rotatable bonds is 7. The van der Waals surface area contributed by atoms with Crippen LogP contribution in [-0.4, -0.2) is 29.7 Å². The number of piperidine rings is 1. The van der Waals surface area contributed by atoms with E-state index in [1.165, 1.54) is 30.4 Å². The van der Waals surface area contributed by atoms with Crippen LogP contribution in [0.1, 0.15) is 75.5 Å². The molecule has 1 saturated heterocycles. The number of hydrogen-bond donors (Lipinski definition) is 0. The Morgan fingerprint density at radius 3 is 2.32 bits per heavy atom. The number of amides is 1. The van der Waals surface area contributed by atoms with Gasteiger partial charge in [-0.1, -0.05) is 54.6 Å². The lowest BCUT2D eigenvalue weighted by molar-refractivity contribution is 0.00840. The molecular weight excluding hydrogens is 420 g/mol. The number of benzene rings is 2. The third-order valence-electron chi connectivity index (χ3n) is 7.56. The minimum absolute atomic E-state index is 0.187. The first-order valence-corrected chi connectivity index (χ1v) is 12.7. The molecule has 0 bridgehead atoms. The highest BCUT2D eigenvalue weighted by Gasteiger charge is 2.42. The fourth-order valence-corrected chi connectivity index (χ4v) is 5.47. The zero-order chi connectivity index (χ0) is 24.2. The normalized spacial score (nSPS) is 21.5. The maximum Gasteiger partial charge on any atom is 0.410 e. The van der Waals surface area contributed by atoms with E-state index in [1.807, 2.05) is 25.7 Å². The van der Waals surface area contributed by atoms with Crippen LogP contribution < -0.4 is 0 Å². The van der Waals surface area contributed by atoms with Crippen LogP contribution in [0.2, 0.25) is 0 Å². The molecule has 2 aromatic rings. The van der Waals surface area contributed by atoms with Crippen LogP contribution in [0, 0.1) is 22.7 Å². The molecule has 2 atom stereocenters. The Morgan fingerprint density at radius 2 is 1.71 bits per heavy atom. The van der Waals surface area contributed by atoms with Crippen LogP contribution in [0.25, 0.3) is 0 Å². The molecule has 1 heterocycles. The van der Waals surface area contributed by atoms with Gasteiger partial charge in [0, 0.05) is 13.1 Å². The Bertz CT molecular complexity index is 993. The molecule has 2 fully saturated rings. The molecule has 2 aromatic carbocycles. The lowest BCUT2D eigenvalue weighted by Gasteiger charge is -2.42. The molecule has 1 aliphatic carbocycles. The third kappa shape index (κ3) is 6.41. The van der Waals surface area contributed by atoms with Crippen molar-refractivity contribution in [3.8, 4) is 6.07 Å². The van der Waals surface area contributed by atoms with Crippen LogP contribution >= 0.6 is 0 Å². The van der Waals surface area contributed by atoms with Gasteiger partial charge in [0.15, 0.2) is 0 Å². The number of likely N-dealkylation sites (tertiary alicyclic amines) is 1. The summed E-state index contributed by atoms with van der Waals surface area (Å²) in [5.41, 5.74) is 3.63. The minimum atomic E-state index is -0.463. The Hall–Kier alpha value is -2.80. The van der Waals surface area contributed by atoms with E-state index in [0.29, 0.717) is 12.3 Å². The summed E-state index contributed by atoms with van der Waals surface area (Å²) in [4.78, 5) is 14.5. The Labute approximate surface area is 204 Å². The Morgan fingerprint density at radius 1 is 1.06 bits per heavy atom. The largest absolute Gasteiger partial charge is 0.444 e. The van der Waals surface area contributed by atoms with E-state index in [-0.39, 0.29) is 11.5 Å². The van der Waals surface area contributed by atoms with Crippen molar-refractivity contribution >= 4 is 6.09 Å². The second-order valence-corrected chi connectivity index (χ2v) is 11.3. The zero-order valence-electron chi connectivity index (χ0n) is 20.9. The van der Waals surface area contributed by atoms with Gasteiger partial charge in [-0.25, -0.2) is 4.79 Å². The number of ether oxygens (including phenoxy) is 1. The number of nitrogens with zero attached hydrogens (tertiary/aromatic N) is 2. The summed E-state index contributed by atoms with van der Waals surface area (Å²) in [5, 5.41) is 8.97. The van der Waals surface area contributed by atoms with Crippen LogP contribution in [-0.2, 0) is 17.6 Å². The topological polar surface area (TPSA) is 53.3 Å². The number of hydrogen-bond acceptors (Lipinski definition) is 3. The second-order valence-electron chi connectivity index (χ2n) is 11.3. The monoisotopic (exact) mass is 458 g/mol. The van der Waals surface area contributed by atoms with E-state index < -0.39 is 5.60 Å². The summed E-state index contributed by atoms with van der Waals surface area (Å²) in [6.45, 7) is 7.29. The smallest absolute Gasteiger partial charge is 0.410 e. The Kier molecular flexibility index (Phi) is 7.31. The van der Waals surface area contributed by atoms with E-state index in [4.69, 9.17) is 10.00 Å². The molecule has 1 amide bonds. The first-order chi connectivity index (χ1) is 16.3. The number of nitriles is 1. The third-order valence-corrected chi connectivity index (χ3v) is 7.56. The molecule has 1 aliphatic heterocycles. The summed E-state index contributed by atoms with van der Waals surface area (Å²) >= 11 is 0. The highest BCUT2D eigenvalue weighted by atomic mass is 16.6. The fourth-order valence-electron chi connectivity index (χ4n) is 5.47. The number of carbonyl (C=O) groups is 1. The summed E-state index contributed by atoms with van der Waals surface area (Å²) in [6, 6.07) is 21.7. The van der Waals surface area contributed by atoms with Crippen LogP contribution in [0.5, 0.6) is 0 Å². The van der Waals surface area contributed by atoms with Crippen molar-refractivity contribution in [1.82, 2.24) is 4.90 Å². The van der Waals surface area contributed by atoms with Crippen molar-refractivity contribution in [2.24, 2.45) is 11.3 Å². The van der Waals surface area contributed by atoms with E-state index in [9.17, 15) is 4.79 Å². The van der Waals surface area contributed by atoms with Crippen LogP contribution in [0.4, 0.5) is 4.79 Å². The summed E-state index contributed by atoms with van der Waals surface area (Å²) in [7, 11) is 0. The van der Waals surface area contributed by atoms with E-state index >= 15 is 0 Å². The minimum Gasteiger partial charge on any atom is -0.444 e. The zero-order valence-corrected chi connectivity index (χ0v) is 20.9. The molecule has 0 aromatic heterocycles. The van der Waals surface area contributed by atoms with E-state index in [0.717, 1.165) is 43.8 Å². The highest BCUT2D eigenvalue weighted by Crippen LogP contribution is 2.52. The molecule has 0 N–H and O–H groups in total. The molecule has 4 rings (SSSR count). The SMILES string of the molecule is CC(C)(C)OC(=O)N1CCC(CC[C@@H]2CC2c2ccccc2)(Cc2ccc(CC#N)cc2)CC1. The van der Waals surface area contributed by atoms with Crippen LogP contribution in [0.15, 0.2) is 54.6 Å². The van der Waals surface area contributed by atoms with Gasteiger partial charge in [0.2, 0.25) is 0 Å². The first kappa shape index (κ1) is 24.3.